The number of ether oxygens (including phenoxy) is 1. The largest absolute Gasteiger partial charge is 0.477 e. The molecule has 1 aliphatic rings. The highest BCUT2D eigenvalue weighted by molar-refractivity contribution is 7.98. The maximum atomic E-state index is 5.87. The third-order valence-electron chi connectivity index (χ3n) is 3.41. The predicted octanol–water partition coefficient (Wildman–Crippen LogP) is 3.59. The summed E-state index contributed by atoms with van der Waals surface area (Å²) in [7, 11) is 0. The second kappa shape index (κ2) is 7.58. The minimum Gasteiger partial charge on any atom is -0.477 e. The van der Waals surface area contributed by atoms with E-state index < -0.39 is 0 Å². The van der Waals surface area contributed by atoms with Gasteiger partial charge in [-0.1, -0.05) is 31.0 Å². The zero-order valence-corrected chi connectivity index (χ0v) is 12.6. The first-order valence-corrected chi connectivity index (χ1v) is 8.34. The SMILES string of the molecule is CCNc1cc(OCC2CCCCC2)nc(SC)n1. The fourth-order valence-corrected chi connectivity index (χ4v) is 2.77. The number of nitrogens with one attached hydrogen (secondary N) is 1. The number of hydrogen-bond acceptors (Lipinski definition) is 5. The van der Waals surface area contributed by atoms with Gasteiger partial charge in [0.2, 0.25) is 5.88 Å². The van der Waals surface area contributed by atoms with Gasteiger partial charge in [-0.05, 0) is 31.9 Å². The predicted molar refractivity (Wildman–Crippen MR) is 80.0 cm³/mol. The molecule has 5 heteroatoms. The lowest BCUT2D eigenvalue weighted by atomic mass is 9.90. The first-order chi connectivity index (χ1) is 9.31. The van der Waals surface area contributed by atoms with Crippen LogP contribution in [-0.4, -0.2) is 29.4 Å². The van der Waals surface area contributed by atoms with E-state index in [-0.39, 0.29) is 0 Å². The van der Waals surface area contributed by atoms with Crippen molar-refractivity contribution in [2.24, 2.45) is 5.92 Å². The maximum Gasteiger partial charge on any atom is 0.219 e. The number of rotatable bonds is 6. The quantitative estimate of drug-likeness (QED) is 0.638. The summed E-state index contributed by atoms with van der Waals surface area (Å²) in [4.78, 5) is 8.81. The maximum absolute atomic E-state index is 5.87. The van der Waals surface area contributed by atoms with Crippen molar-refractivity contribution in [2.45, 2.75) is 44.2 Å². The van der Waals surface area contributed by atoms with Crippen LogP contribution >= 0.6 is 11.8 Å². The van der Waals surface area contributed by atoms with Crippen LogP contribution < -0.4 is 10.1 Å². The van der Waals surface area contributed by atoms with Gasteiger partial charge >= 0.3 is 0 Å². The second-order valence-electron chi connectivity index (χ2n) is 4.92. The fraction of sp³-hybridized carbons (Fsp3) is 0.714. The van der Waals surface area contributed by atoms with Gasteiger partial charge in [-0.3, -0.25) is 0 Å². The Bertz CT molecular complexity index is 394. The summed E-state index contributed by atoms with van der Waals surface area (Å²) >= 11 is 1.54. The standard InChI is InChI=1S/C14H23N3OS/c1-3-15-12-9-13(17-14(16-12)19-2)18-10-11-7-5-4-6-8-11/h9,11H,3-8,10H2,1-2H3,(H,15,16,17). The van der Waals surface area contributed by atoms with Gasteiger partial charge in [-0.15, -0.1) is 0 Å². The monoisotopic (exact) mass is 281 g/mol. The van der Waals surface area contributed by atoms with E-state index in [4.69, 9.17) is 4.74 Å². The molecular weight excluding hydrogens is 258 g/mol. The lowest BCUT2D eigenvalue weighted by Crippen LogP contribution is -2.16. The van der Waals surface area contributed by atoms with Crippen LogP contribution in [0.1, 0.15) is 39.0 Å². The van der Waals surface area contributed by atoms with Crippen LogP contribution in [0.3, 0.4) is 0 Å². The van der Waals surface area contributed by atoms with E-state index in [9.17, 15) is 0 Å². The lowest BCUT2D eigenvalue weighted by Gasteiger charge is -2.21. The topological polar surface area (TPSA) is 47.0 Å². The summed E-state index contributed by atoms with van der Waals surface area (Å²) in [5.41, 5.74) is 0. The molecule has 0 spiro atoms. The van der Waals surface area contributed by atoms with E-state index in [1.54, 1.807) is 11.8 Å². The highest BCUT2D eigenvalue weighted by Crippen LogP contribution is 2.25. The average molecular weight is 281 g/mol. The Balaban J connectivity index is 1.95. The van der Waals surface area contributed by atoms with E-state index in [0.717, 1.165) is 24.1 Å². The molecule has 19 heavy (non-hydrogen) atoms. The molecule has 1 aromatic heterocycles. The summed E-state index contributed by atoms with van der Waals surface area (Å²) in [6.45, 7) is 3.70. The Hall–Kier alpha value is -0.970. The smallest absolute Gasteiger partial charge is 0.219 e. The number of thioether (sulfide) groups is 1. The molecule has 0 aromatic carbocycles. The molecule has 1 aliphatic carbocycles. The molecule has 0 saturated heterocycles. The van der Waals surface area contributed by atoms with Gasteiger partial charge in [-0.25, -0.2) is 4.98 Å². The van der Waals surface area contributed by atoms with Crippen LogP contribution in [-0.2, 0) is 0 Å². The van der Waals surface area contributed by atoms with E-state index in [2.05, 4.69) is 22.2 Å². The van der Waals surface area contributed by atoms with Gasteiger partial charge in [0.15, 0.2) is 5.16 Å². The lowest BCUT2D eigenvalue weighted by molar-refractivity contribution is 0.201. The van der Waals surface area contributed by atoms with E-state index in [1.165, 1.54) is 32.1 Å². The third kappa shape index (κ3) is 4.56. The Morgan fingerprint density at radius 1 is 1.32 bits per heavy atom. The summed E-state index contributed by atoms with van der Waals surface area (Å²) < 4.78 is 5.87. The zero-order chi connectivity index (χ0) is 13.5. The molecule has 106 valence electrons. The fourth-order valence-electron chi connectivity index (χ4n) is 2.40. The van der Waals surface area contributed by atoms with Gasteiger partial charge in [0.1, 0.15) is 5.82 Å². The molecule has 0 radical (unpaired) electrons. The van der Waals surface area contributed by atoms with Crippen molar-refractivity contribution in [3.8, 4) is 5.88 Å². The summed E-state index contributed by atoms with van der Waals surface area (Å²) in [5.74, 6) is 2.24. The van der Waals surface area contributed by atoms with Gasteiger partial charge in [-0.2, -0.15) is 4.98 Å². The van der Waals surface area contributed by atoms with E-state index >= 15 is 0 Å². The van der Waals surface area contributed by atoms with Crippen LogP contribution in [0.2, 0.25) is 0 Å². The highest BCUT2D eigenvalue weighted by Gasteiger charge is 2.14. The molecule has 2 rings (SSSR count). The first-order valence-electron chi connectivity index (χ1n) is 7.11. The van der Waals surface area contributed by atoms with Crippen LogP contribution in [0.4, 0.5) is 5.82 Å². The third-order valence-corrected chi connectivity index (χ3v) is 3.96. The van der Waals surface area contributed by atoms with Crippen molar-refractivity contribution in [3.63, 3.8) is 0 Å². The van der Waals surface area contributed by atoms with Crippen molar-refractivity contribution in [1.29, 1.82) is 0 Å². The average Bonchev–Trinajstić information content (AvgIpc) is 2.46. The molecule has 1 aromatic rings. The van der Waals surface area contributed by atoms with Crippen LogP contribution in [0, 0.1) is 5.92 Å². The van der Waals surface area contributed by atoms with Crippen molar-refractivity contribution in [3.05, 3.63) is 6.07 Å². The minimum atomic E-state index is 0.695. The van der Waals surface area contributed by atoms with E-state index in [0.29, 0.717) is 11.8 Å². The molecule has 0 bridgehead atoms. The molecule has 0 atom stereocenters. The molecule has 1 heterocycles. The van der Waals surface area contributed by atoms with Crippen molar-refractivity contribution in [2.75, 3.05) is 24.7 Å². The Kier molecular flexibility index (Phi) is 5.76. The summed E-state index contributed by atoms with van der Waals surface area (Å²) in [6.07, 6.45) is 8.63. The van der Waals surface area contributed by atoms with Crippen molar-refractivity contribution < 1.29 is 4.74 Å². The number of aromatic nitrogens is 2. The molecule has 4 nitrogen and oxygen atoms in total. The normalized spacial score (nSPS) is 16.3. The molecule has 1 fully saturated rings. The molecule has 1 saturated carbocycles. The zero-order valence-electron chi connectivity index (χ0n) is 11.8. The number of hydrogen-bond donors (Lipinski definition) is 1. The number of nitrogens with zero attached hydrogens (tertiary/aromatic N) is 2. The minimum absolute atomic E-state index is 0.695. The van der Waals surface area contributed by atoms with Crippen LogP contribution in [0.25, 0.3) is 0 Å². The van der Waals surface area contributed by atoms with Gasteiger partial charge in [0.05, 0.1) is 6.61 Å². The number of anilines is 1. The summed E-state index contributed by atoms with van der Waals surface area (Å²) in [5, 5.41) is 3.98. The van der Waals surface area contributed by atoms with Crippen LogP contribution in [0.15, 0.2) is 11.2 Å². The summed E-state index contributed by atoms with van der Waals surface area (Å²) in [6, 6.07) is 1.89. The second-order valence-corrected chi connectivity index (χ2v) is 5.70. The van der Waals surface area contributed by atoms with Crippen molar-refractivity contribution in [1.82, 2.24) is 9.97 Å². The molecule has 0 unspecified atom stereocenters. The van der Waals surface area contributed by atoms with Crippen LogP contribution in [0.5, 0.6) is 5.88 Å². The highest BCUT2D eigenvalue weighted by atomic mass is 32.2. The van der Waals surface area contributed by atoms with Gasteiger partial charge in [0, 0.05) is 12.6 Å². The Morgan fingerprint density at radius 2 is 2.11 bits per heavy atom. The van der Waals surface area contributed by atoms with Gasteiger partial charge in [0.25, 0.3) is 0 Å². The Labute approximate surface area is 119 Å². The van der Waals surface area contributed by atoms with Crippen molar-refractivity contribution >= 4 is 17.6 Å². The molecule has 1 N–H and O–H groups in total. The van der Waals surface area contributed by atoms with Gasteiger partial charge < -0.3 is 10.1 Å². The first kappa shape index (κ1) is 14.4. The molecular formula is C14H23N3OS. The molecule has 0 amide bonds. The Morgan fingerprint density at radius 3 is 2.79 bits per heavy atom. The molecule has 0 aliphatic heterocycles. The van der Waals surface area contributed by atoms with E-state index in [1.807, 2.05) is 12.3 Å².